The van der Waals surface area contributed by atoms with Gasteiger partial charge in [0.05, 0.1) is 5.69 Å². The summed E-state index contributed by atoms with van der Waals surface area (Å²) in [5, 5.41) is 5.22. The quantitative estimate of drug-likeness (QED) is 0.630. The molecule has 158 valence electrons. The lowest BCUT2D eigenvalue weighted by Gasteiger charge is -2.19. The van der Waals surface area contributed by atoms with Crippen LogP contribution in [0.15, 0.2) is 66.7 Å². The van der Waals surface area contributed by atoms with Crippen molar-refractivity contribution in [2.75, 3.05) is 16.8 Å². The number of nitrogens with one attached hydrogen (secondary N) is 2. The lowest BCUT2D eigenvalue weighted by atomic mass is 10.1. The number of benzene rings is 3. The lowest BCUT2D eigenvalue weighted by Crippen LogP contribution is -2.23. The molecule has 0 unspecified atom stereocenters. The van der Waals surface area contributed by atoms with Gasteiger partial charge in [0.1, 0.15) is 5.82 Å². The Balaban J connectivity index is 1.34. The molecule has 4 rings (SSSR count). The number of hydrogen-bond donors (Lipinski definition) is 2. The number of anilines is 2. The van der Waals surface area contributed by atoms with E-state index in [-0.39, 0.29) is 17.2 Å². The fourth-order valence-corrected chi connectivity index (χ4v) is 3.79. The van der Waals surface area contributed by atoms with E-state index in [4.69, 9.17) is 0 Å². The molecule has 1 aliphatic rings. The van der Waals surface area contributed by atoms with E-state index in [2.05, 4.69) is 51.9 Å². The van der Waals surface area contributed by atoms with Crippen molar-refractivity contribution in [2.24, 2.45) is 0 Å². The summed E-state index contributed by atoms with van der Waals surface area (Å²) < 4.78 is 13.8. The molecule has 2 amide bonds. The Morgan fingerprint density at radius 3 is 2.52 bits per heavy atom. The van der Waals surface area contributed by atoms with Gasteiger partial charge in [-0.1, -0.05) is 42.5 Å². The Kier molecular flexibility index (Phi) is 5.98. The van der Waals surface area contributed by atoms with E-state index >= 15 is 0 Å². The first-order chi connectivity index (χ1) is 15.0. The molecular weight excluding hydrogens is 393 g/mol. The van der Waals surface area contributed by atoms with Crippen molar-refractivity contribution >= 4 is 23.2 Å². The summed E-state index contributed by atoms with van der Waals surface area (Å²) in [6, 6.07) is 20.6. The highest BCUT2D eigenvalue weighted by Crippen LogP contribution is 2.28. The lowest BCUT2D eigenvalue weighted by molar-refractivity contribution is -0.114. The van der Waals surface area contributed by atoms with E-state index in [1.54, 1.807) is 0 Å². The van der Waals surface area contributed by atoms with E-state index < -0.39 is 11.7 Å². The minimum absolute atomic E-state index is 0.00649. The fraction of sp³-hybridized carbons (Fsp3) is 0.200. The van der Waals surface area contributed by atoms with Crippen molar-refractivity contribution < 1.29 is 14.0 Å². The minimum Gasteiger partial charge on any atom is -0.367 e. The molecule has 3 aromatic carbocycles. The van der Waals surface area contributed by atoms with Crippen LogP contribution in [0.25, 0.3) is 0 Å². The highest BCUT2D eigenvalue weighted by atomic mass is 19.1. The highest BCUT2D eigenvalue weighted by Gasteiger charge is 2.18. The number of carbonyl (C=O) groups excluding carboxylic acids is 2. The second kappa shape index (κ2) is 9.00. The molecule has 1 heterocycles. The van der Waals surface area contributed by atoms with E-state index in [9.17, 15) is 14.0 Å². The Morgan fingerprint density at radius 2 is 1.74 bits per heavy atom. The third-order valence-corrected chi connectivity index (χ3v) is 5.37. The predicted molar refractivity (Wildman–Crippen MR) is 120 cm³/mol. The van der Waals surface area contributed by atoms with Gasteiger partial charge < -0.3 is 15.5 Å². The summed E-state index contributed by atoms with van der Waals surface area (Å²) in [4.78, 5) is 26.0. The molecule has 6 heteroatoms. The number of nitrogens with zero attached hydrogens (tertiary/aromatic N) is 1. The van der Waals surface area contributed by atoms with Gasteiger partial charge in [-0.3, -0.25) is 9.59 Å². The molecule has 3 aromatic rings. The molecule has 0 bridgehead atoms. The van der Waals surface area contributed by atoms with E-state index in [0.29, 0.717) is 6.54 Å². The number of rotatable bonds is 6. The normalized spacial score (nSPS) is 12.4. The second-order valence-electron chi connectivity index (χ2n) is 7.68. The molecule has 2 N–H and O–H groups in total. The van der Waals surface area contributed by atoms with E-state index in [1.807, 2.05) is 12.1 Å². The maximum Gasteiger partial charge on any atom is 0.251 e. The van der Waals surface area contributed by atoms with Gasteiger partial charge in [-0.25, -0.2) is 4.39 Å². The molecule has 0 aromatic heterocycles. The Labute approximate surface area is 180 Å². The van der Waals surface area contributed by atoms with Crippen molar-refractivity contribution in [2.45, 2.75) is 26.4 Å². The van der Waals surface area contributed by atoms with Crippen LogP contribution in [0.2, 0.25) is 0 Å². The zero-order valence-electron chi connectivity index (χ0n) is 17.3. The average Bonchev–Trinajstić information content (AvgIpc) is 3.17. The zero-order valence-corrected chi connectivity index (χ0v) is 17.3. The number of carbonyl (C=O) groups is 2. The van der Waals surface area contributed by atoms with Crippen LogP contribution in [0.4, 0.5) is 15.8 Å². The SMILES string of the molecule is CC(=O)Nc1cc(C(=O)NCc2ccc(CN3CCc4ccccc43)cc2)ccc1F. The van der Waals surface area contributed by atoms with Crippen molar-refractivity contribution in [1.82, 2.24) is 5.32 Å². The van der Waals surface area contributed by atoms with Gasteiger partial charge in [-0.2, -0.15) is 0 Å². The zero-order chi connectivity index (χ0) is 21.8. The third kappa shape index (κ3) is 4.91. The first-order valence-corrected chi connectivity index (χ1v) is 10.3. The Hall–Kier alpha value is -3.67. The molecule has 31 heavy (non-hydrogen) atoms. The van der Waals surface area contributed by atoms with Crippen LogP contribution in [-0.2, 0) is 24.3 Å². The molecule has 0 saturated heterocycles. The predicted octanol–water partition coefficient (Wildman–Crippen LogP) is 4.28. The van der Waals surface area contributed by atoms with Crippen LogP contribution in [0, 0.1) is 5.82 Å². The monoisotopic (exact) mass is 417 g/mol. The van der Waals surface area contributed by atoms with E-state index in [1.165, 1.54) is 41.9 Å². The van der Waals surface area contributed by atoms with Crippen LogP contribution >= 0.6 is 0 Å². The maximum atomic E-state index is 13.8. The maximum absolute atomic E-state index is 13.8. The van der Waals surface area contributed by atoms with Crippen LogP contribution in [0.1, 0.15) is 34.0 Å². The third-order valence-electron chi connectivity index (χ3n) is 5.37. The summed E-state index contributed by atoms with van der Waals surface area (Å²) in [5.41, 5.74) is 5.16. The molecule has 0 aliphatic carbocycles. The van der Waals surface area contributed by atoms with Gasteiger partial charge in [0.25, 0.3) is 5.91 Å². The van der Waals surface area contributed by atoms with Crippen molar-refractivity contribution in [3.8, 4) is 0 Å². The topological polar surface area (TPSA) is 61.4 Å². The van der Waals surface area contributed by atoms with E-state index in [0.717, 1.165) is 25.1 Å². The number of amides is 2. The van der Waals surface area contributed by atoms with Crippen molar-refractivity contribution in [1.29, 1.82) is 0 Å². The van der Waals surface area contributed by atoms with Gasteiger partial charge in [-0.05, 0) is 47.4 Å². The molecule has 0 fully saturated rings. The van der Waals surface area contributed by atoms with Gasteiger partial charge in [0.2, 0.25) is 5.91 Å². The average molecular weight is 417 g/mol. The minimum atomic E-state index is -0.581. The summed E-state index contributed by atoms with van der Waals surface area (Å²) in [7, 11) is 0. The first-order valence-electron chi connectivity index (χ1n) is 10.3. The molecule has 1 aliphatic heterocycles. The number of halogens is 1. The summed E-state index contributed by atoms with van der Waals surface area (Å²) in [6.45, 7) is 3.53. The molecule has 0 atom stereocenters. The fourth-order valence-electron chi connectivity index (χ4n) is 3.79. The van der Waals surface area contributed by atoms with Crippen molar-refractivity contribution in [3.05, 3.63) is 94.8 Å². The van der Waals surface area contributed by atoms with Crippen LogP contribution in [0.3, 0.4) is 0 Å². The molecular formula is C25H24FN3O2. The number of hydrogen-bond acceptors (Lipinski definition) is 3. The smallest absolute Gasteiger partial charge is 0.251 e. The summed E-state index contributed by atoms with van der Waals surface area (Å²) >= 11 is 0. The van der Waals surface area contributed by atoms with Crippen LogP contribution in [-0.4, -0.2) is 18.4 Å². The van der Waals surface area contributed by atoms with Crippen molar-refractivity contribution in [3.63, 3.8) is 0 Å². The molecule has 0 radical (unpaired) electrons. The van der Waals surface area contributed by atoms with Crippen LogP contribution < -0.4 is 15.5 Å². The van der Waals surface area contributed by atoms with Crippen LogP contribution in [0.5, 0.6) is 0 Å². The van der Waals surface area contributed by atoms with Gasteiger partial charge in [0, 0.05) is 37.8 Å². The summed E-state index contributed by atoms with van der Waals surface area (Å²) in [5.74, 6) is -1.30. The Morgan fingerprint density at radius 1 is 1.00 bits per heavy atom. The number of para-hydroxylation sites is 1. The van der Waals surface area contributed by atoms with Gasteiger partial charge in [0.15, 0.2) is 0 Å². The number of fused-ring (bicyclic) bond motifs is 1. The second-order valence-corrected chi connectivity index (χ2v) is 7.68. The molecule has 0 saturated carbocycles. The largest absolute Gasteiger partial charge is 0.367 e. The van der Waals surface area contributed by atoms with Gasteiger partial charge >= 0.3 is 0 Å². The van der Waals surface area contributed by atoms with Gasteiger partial charge in [-0.15, -0.1) is 0 Å². The molecule has 0 spiro atoms. The molecule has 5 nitrogen and oxygen atoms in total. The highest BCUT2D eigenvalue weighted by molar-refractivity contribution is 5.96. The Bertz CT molecular complexity index is 1110. The first kappa shape index (κ1) is 20.6. The summed E-state index contributed by atoms with van der Waals surface area (Å²) in [6.07, 6.45) is 1.08. The standard InChI is InChI=1S/C25H24FN3O2/c1-17(30)28-23-14-21(10-11-22(23)26)25(31)27-15-18-6-8-19(9-7-18)16-29-13-12-20-4-2-3-5-24(20)29/h2-11,14H,12-13,15-16H2,1H3,(H,27,31)(H,28,30).